The summed E-state index contributed by atoms with van der Waals surface area (Å²) in [5.41, 5.74) is 0.526. The number of phenols is 1. The Morgan fingerprint density at radius 1 is 1.58 bits per heavy atom. The molecular weight excluding hydrogens is 357 g/mol. The van der Waals surface area contributed by atoms with Crippen molar-refractivity contribution in [2.75, 3.05) is 19.7 Å². The highest BCUT2D eigenvalue weighted by molar-refractivity contribution is 14.1. The number of hydrogen-bond acceptors (Lipinski definition) is 3. The number of phenolic OH excluding ortho intramolecular Hbond substituents is 1. The molecule has 1 aliphatic rings. The van der Waals surface area contributed by atoms with Crippen LogP contribution in [0.5, 0.6) is 5.75 Å². The van der Waals surface area contributed by atoms with E-state index < -0.39 is 0 Å². The number of ether oxygens (including phenoxy) is 1. The fourth-order valence-corrected chi connectivity index (χ4v) is 2.55. The van der Waals surface area contributed by atoms with E-state index in [0.717, 1.165) is 23.0 Å². The maximum atomic E-state index is 12.4. The summed E-state index contributed by atoms with van der Waals surface area (Å²) in [6, 6.07) is 5.04. The lowest BCUT2D eigenvalue weighted by atomic mass is 10.1. The Bertz CT molecular complexity index is 458. The first-order chi connectivity index (χ1) is 9.11. The molecule has 1 N–H and O–H groups in total. The first-order valence-electron chi connectivity index (χ1n) is 6.51. The Labute approximate surface area is 126 Å². The monoisotopic (exact) mass is 375 g/mol. The number of halogens is 1. The van der Waals surface area contributed by atoms with Gasteiger partial charge in [-0.25, -0.2) is 0 Å². The third-order valence-corrected chi connectivity index (χ3v) is 4.22. The third kappa shape index (κ3) is 3.60. The maximum Gasteiger partial charge on any atom is 0.254 e. The molecule has 1 saturated heterocycles. The van der Waals surface area contributed by atoms with E-state index >= 15 is 0 Å². The van der Waals surface area contributed by atoms with Crippen LogP contribution in [0.4, 0.5) is 0 Å². The number of benzene rings is 1. The molecule has 2 rings (SSSR count). The molecular formula is C14H18INO3. The molecule has 1 aromatic carbocycles. The molecule has 1 amide bonds. The maximum absolute atomic E-state index is 12.4. The van der Waals surface area contributed by atoms with Crippen LogP contribution < -0.4 is 0 Å². The summed E-state index contributed by atoms with van der Waals surface area (Å²) in [6.45, 7) is 4.02. The van der Waals surface area contributed by atoms with Gasteiger partial charge in [0.1, 0.15) is 5.75 Å². The second-order valence-corrected chi connectivity index (χ2v) is 5.81. The molecule has 1 atom stereocenters. The Kier molecular flexibility index (Phi) is 5.04. The van der Waals surface area contributed by atoms with E-state index in [4.69, 9.17) is 4.74 Å². The van der Waals surface area contributed by atoms with Crippen molar-refractivity contribution in [1.29, 1.82) is 0 Å². The minimum atomic E-state index is -0.0512. The van der Waals surface area contributed by atoms with Gasteiger partial charge in [-0.1, -0.05) is 0 Å². The van der Waals surface area contributed by atoms with Gasteiger partial charge in [-0.15, -0.1) is 0 Å². The minimum Gasteiger partial charge on any atom is -0.507 e. The third-order valence-electron chi connectivity index (χ3n) is 3.31. The lowest BCUT2D eigenvalue weighted by molar-refractivity contribution is 0.0539. The van der Waals surface area contributed by atoms with Crippen LogP contribution >= 0.6 is 22.6 Å². The smallest absolute Gasteiger partial charge is 0.254 e. The van der Waals surface area contributed by atoms with Gasteiger partial charge < -0.3 is 14.7 Å². The summed E-state index contributed by atoms with van der Waals surface area (Å²) in [7, 11) is 0. The highest BCUT2D eigenvalue weighted by atomic mass is 127. The van der Waals surface area contributed by atoms with Crippen molar-refractivity contribution in [2.45, 2.75) is 25.9 Å². The highest BCUT2D eigenvalue weighted by Gasteiger charge is 2.22. The van der Waals surface area contributed by atoms with Crippen LogP contribution in [0, 0.1) is 3.57 Å². The summed E-state index contributed by atoms with van der Waals surface area (Å²) in [4.78, 5) is 14.2. The first kappa shape index (κ1) is 14.6. The number of nitrogens with zero attached hydrogens (tertiary/aromatic N) is 1. The largest absolute Gasteiger partial charge is 0.507 e. The molecule has 1 unspecified atom stereocenters. The van der Waals surface area contributed by atoms with Gasteiger partial charge in [0.15, 0.2) is 0 Å². The van der Waals surface area contributed by atoms with Crippen molar-refractivity contribution < 1.29 is 14.6 Å². The van der Waals surface area contributed by atoms with E-state index in [9.17, 15) is 9.90 Å². The quantitative estimate of drug-likeness (QED) is 0.824. The van der Waals surface area contributed by atoms with E-state index in [1.165, 1.54) is 6.07 Å². The molecule has 0 bridgehead atoms. The Balaban J connectivity index is 2.08. The zero-order chi connectivity index (χ0) is 13.8. The van der Waals surface area contributed by atoms with Crippen LogP contribution in [0.15, 0.2) is 18.2 Å². The van der Waals surface area contributed by atoms with Crippen LogP contribution in [-0.4, -0.2) is 41.7 Å². The number of rotatable bonds is 4. The van der Waals surface area contributed by atoms with Crippen molar-refractivity contribution in [1.82, 2.24) is 4.90 Å². The van der Waals surface area contributed by atoms with Gasteiger partial charge in [0.05, 0.1) is 9.67 Å². The SMILES string of the molecule is CCN(CC1CCCO1)C(=O)c1ccc(I)c(O)c1. The van der Waals surface area contributed by atoms with E-state index in [-0.39, 0.29) is 17.8 Å². The van der Waals surface area contributed by atoms with E-state index in [0.29, 0.717) is 18.7 Å². The zero-order valence-corrected chi connectivity index (χ0v) is 13.1. The van der Waals surface area contributed by atoms with Gasteiger partial charge in [-0.3, -0.25) is 4.79 Å². The first-order valence-corrected chi connectivity index (χ1v) is 7.59. The number of carbonyl (C=O) groups is 1. The van der Waals surface area contributed by atoms with Crippen LogP contribution in [0.25, 0.3) is 0 Å². The lowest BCUT2D eigenvalue weighted by Crippen LogP contribution is -2.37. The van der Waals surface area contributed by atoms with Crippen LogP contribution in [-0.2, 0) is 4.74 Å². The van der Waals surface area contributed by atoms with Crippen LogP contribution in [0.1, 0.15) is 30.1 Å². The van der Waals surface area contributed by atoms with Crippen molar-refractivity contribution in [2.24, 2.45) is 0 Å². The Morgan fingerprint density at radius 3 is 2.95 bits per heavy atom. The molecule has 0 aromatic heterocycles. The number of amides is 1. The van der Waals surface area contributed by atoms with Crippen molar-refractivity contribution in [3.05, 3.63) is 27.3 Å². The van der Waals surface area contributed by atoms with E-state index in [1.54, 1.807) is 17.0 Å². The van der Waals surface area contributed by atoms with Gasteiger partial charge in [-0.05, 0) is 60.6 Å². The number of likely N-dealkylation sites (N-methyl/N-ethyl adjacent to an activating group) is 1. The van der Waals surface area contributed by atoms with Gasteiger partial charge in [0.2, 0.25) is 0 Å². The summed E-state index contributed by atoms with van der Waals surface area (Å²) in [6.07, 6.45) is 2.24. The molecule has 1 fully saturated rings. The Morgan fingerprint density at radius 2 is 2.37 bits per heavy atom. The molecule has 0 saturated carbocycles. The molecule has 1 heterocycles. The summed E-state index contributed by atoms with van der Waals surface area (Å²) < 4.78 is 6.32. The molecule has 104 valence electrons. The zero-order valence-electron chi connectivity index (χ0n) is 10.9. The van der Waals surface area contributed by atoms with Gasteiger partial charge >= 0.3 is 0 Å². The van der Waals surface area contributed by atoms with Crippen LogP contribution in [0.3, 0.4) is 0 Å². The van der Waals surface area contributed by atoms with E-state index in [2.05, 4.69) is 0 Å². The molecule has 1 aromatic rings. The molecule has 0 aliphatic carbocycles. The second kappa shape index (κ2) is 6.56. The lowest BCUT2D eigenvalue weighted by Gasteiger charge is -2.24. The number of carbonyl (C=O) groups excluding carboxylic acids is 1. The molecule has 4 nitrogen and oxygen atoms in total. The molecule has 0 radical (unpaired) electrons. The fraction of sp³-hybridized carbons (Fsp3) is 0.500. The van der Waals surface area contributed by atoms with Crippen LogP contribution in [0.2, 0.25) is 0 Å². The van der Waals surface area contributed by atoms with Gasteiger partial charge in [0.25, 0.3) is 5.91 Å². The van der Waals surface area contributed by atoms with Crippen molar-refractivity contribution in [3.8, 4) is 5.75 Å². The fourth-order valence-electron chi connectivity index (χ4n) is 2.22. The number of hydrogen-bond donors (Lipinski definition) is 1. The normalized spacial score (nSPS) is 18.5. The molecule has 5 heteroatoms. The summed E-state index contributed by atoms with van der Waals surface area (Å²) >= 11 is 2.04. The van der Waals surface area contributed by atoms with Crippen molar-refractivity contribution >= 4 is 28.5 Å². The van der Waals surface area contributed by atoms with Gasteiger partial charge in [0, 0.05) is 25.3 Å². The van der Waals surface area contributed by atoms with E-state index in [1.807, 2.05) is 29.5 Å². The average Bonchev–Trinajstić information content (AvgIpc) is 2.91. The average molecular weight is 375 g/mol. The molecule has 19 heavy (non-hydrogen) atoms. The Hall–Kier alpha value is -0.820. The standard InChI is InChI=1S/C14H18INO3/c1-2-16(9-11-4-3-7-19-11)14(18)10-5-6-12(15)13(17)8-10/h5-6,8,11,17H,2-4,7,9H2,1H3. The summed E-state index contributed by atoms with van der Waals surface area (Å²) in [5, 5.41) is 9.68. The topological polar surface area (TPSA) is 49.8 Å². The van der Waals surface area contributed by atoms with Gasteiger partial charge in [-0.2, -0.15) is 0 Å². The minimum absolute atomic E-state index is 0.0512. The molecule has 0 spiro atoms. The predicted molar refractivity (Wildman–Crippen MR) is 81.4 cm³/mol. The highest BCUT2D eigenvalue weighted by Crippen LogP contribution is 2.22. The predicted octanol–water partition coefficient (Wildman–Crippen LogP) is 2.64. The number of aromatic hydroxyl groups is 1. The molecule has 1 aliphatic heterocycles. The van der Waals surface area contributed by atoms with Crippen molar-refractivity contribution in [3.63, 3.8) is 0 Å². The second-order valence-electron chi connectivity index (χ2n) is 4.65. The summed E-state index contributed by atoms with van der Waals surface area (Å²) in [5.74, 6) is 0.101.